The molecule has 0 saturated heterocycles. The molecule has 2 aliphatic carbocycles. The second-order valence-electron chi connectivity index (χ2n) is 4.60. The zero-order valence-corrected chi connectivity index (χ0v) is 8.83. The zero-order chi connectivity index (χ0) is 10.6. The van der Waals surface area contributed by atoms with E-state index in [0.29, 0.717) is 0 Å². The van der Waals surface area contributed by atoms with Crippen molar-refractivity contribution in [3.8, 4) is 0 Å². The number of hydrogen-bond donors (Lipinski definition) is 2. The summed E-state index contributed by atoms with van der Waals surface area (Å²) in [5.74, 6) is 0.0347. The Kier molecular flexibility index (Phi) is 3.93. The maximum absolute atomic E-state index is 9.90. The van der Waals surface area contributed by atoms with Crippen molar-refractivity contribution in [3.05, 3.63) is 0 Å². The van der Waals surface area contributed by atoms with Gasteiger partial charge in [-0.25, -0.2) is 0 Å². The van der Waals surface area contributed by atoms with Gasteiger partial charge in [-0.3, -0.25) is 4.79 Å². The molecule has 82 valence electrons. The van der Waals surface area contributed by atoms with Crippen LogP contribution in [-0.2, 0) is 4.79 Å². The van der Waals surface area contributed by atoms with E-state index in [9.17, 15) is 5.11 Å². The van der Waals surface area contributed by atoms with Crippen LogP contribution in [0.2, 0.25) is 0 Å². The van der Waals surface area contributed by atoms with E-state index >= 15 is 0 Å². The molecular weight excluding hydrogens is 180 g/mol. The lowest BCUT2D eigenvalue weighted by atomic mass is 9.97. The van der Waals surface area contributed by atoms with E-state index in [-0.39, 0.29) is 5.60 Å². The van der Waals surface area contributed by atoms with Gasteiger partial charge in [0.05, 0.1) is 5.60 Å². The van der Waals surface area contributed by atoms with Gasteiger partial charge in [-0.05, 0) is 31.6 Å². The average Bonchev–Trinajstić information content (AvgIpc) is 2.27. The number of carboxylic acid groups (broad SMARTS) is 1. The van der Waals surface area contributed by atoms with E-state index in [2.05, 4.69) is 0 Å². The number of rotatable bonds is 0. The van der Waals surface area contributed by atoms with Gasteiger partial charge in [0.2, 0.25) is 0 Å². The van der Waals surface area contributed by atoms with E-state index in [1.165, 1.54) is 25.7 Å². The Balaban J connectivity index is 0.000000213. The molecule has 0 aliphatic heterocycles. The Morgan fingerprint density at radius 1 is 1.29 bits per heavy atom. The third kappa shape index (κ3) is 3.66. The monoisotopic (exact) mass is 200 g/mol. The first-order valence-corrected chi connectivity index (χ1v) is 5.44. The average molecular weight is 200 g/mol. The number of carbonyl (C=O) groups is 1. The number of hydrogen-bond acceptors (Lipinski definition) is 2. The van der Waals surface area contributed by atoms with Crippen molar-refractivity contribution in [2.45, 2.75) is 57.5 Å². The van der Waals surface area contributed by atoms with Crippen LogP contribution in [0.5, 0.6) is 0 Å². The van der Waals surface area contributed by atoms with Crippen LogP contribution in [0.4, 0.5) is 0 Å². The third-order valence-corrected chi connectivity index (χ3v) is 3.19. The predicted molar refractivity (Wildman–Crippen MR) is 54.1 cm³/mol. The van der Waals surface area contributed by atoms with Crippen LogP contribution in [0.3, 0.4) is 0 Å². The van der Waals surface area contributed by atoms with E-state index in [1.54, 1.807) is 0 Å². The molecular formula is C11H20O3. The summed E-state index contributed by atoms with van der Waals surface area (Å²) in [7, 11) is 0. The van der Waals surface area contributed by atoms with Crippen LogP contribution in [-0.4, -0.2) is 21.8 Å². The van der Waals surface area contributed by atoms with Gasteiger partial charge in [0.25, 0.3) is 5.97 Å². The van der Waals surface area contributed by atoms with Gasteiger partial charge in [0.1, 0.15) is 0 Å². The molecule has 14 heavy (non-hydrogen) atoms. The van der Waals surface area contributed by atoms with Crippen LogP contribution in [0, 0.1) is 5.92 Å². The second kappa shape index (κ2) is 4.78. The van der Waals surface area contributed by atoms with Gasteiger partial charge in [-0.15, -0.1) is 0 Å². The Morgan fingerprint density at radius 2 is 1.93 bits per heavy atom. The lowest BCUT2D eigenvalue weighted by Crippen LogP contribution is -2.23. The highest BCUT2D eigenvalue weighted by Gasteiger charge is 2.38. The molecule has 2 unspecified atom stereocenters. The highest BCUT2D eigenvalue weighted by atomic mass is 16.4. The minimum atomic E-state index is -0.833. The molecule has 2 bridgehead atoms. The Labute approximate surface area is 85.1 Å². The molecule has 0 amide bonds. The molecule has 0 spiro atoms. The molecule has 2 fully saturated rings. The molecule has 2 aliphatic rings. The first-order valence-electron chi connectivity index (χ1n) is 5.44. The van der Waals surface area contributed by atoms with Crippen LogP contribution in [0.1, 0.15) is 51.9 Å². The quantitative estimate of drug-likeness (QED) is 0.630. The molecule has 0 aromatic rings. The largest absolute Gasteiger partial charge is 0.481 e. The van der Waals surface area contributed by atoms with Gasteiger partial charge < -0.3 is 10.2 Å². The van der Waals surface area contributed by atoms with Crippen LogP contribution in [0.25, 0.3) is 0 Å². The predicted octanol–water partition coefficient (Wildman–Crippen LogP) is 2.18. The number of carboxylic acids is 1. The second-order valence-corrected chi connectivity index (χ2v) is 4.60. The van der Waals surface area contributed by atoms with Gasteiger partial charge in [0, 0.05) is 6.92 Å². The van der Waals surface area contributed by atoms with Crippen molar-refractivity contribution in [2.24, 2.45) is 5.92 Å². The number of fused-ring (bicyclic) bond motifs is 2. The topological polar surface area (TPSA) is 57.5 Å². The van der Waals surface area contributed by atoms with Crippen LogP contribution in [0.15, 0.2) is 0 Å². The Morgan fingerprint density at radius 3 is 2.57 bits per heavy atom. The first kappa shape index (κ1) is 11.5. The van der Waals surface area contributed by atoms with Crippen molar-refractivity contribution < 1.29 is 15.0 Å². The first-order chi connectivity index (χ1) is 6.52. The summed E-state index contributed by atoms with van der Waals surface area (Å²) in [6, 6.07) is 0. The van der Waals surface area contributed by atoms with Gasteiger partial charge in [0.15, 0.2) is 0 Å². The fourth-order valence-corrected chi connectivity index (χ4v) is 2.57. The van der Waals surface area contributed by atoms with Crippen molar-refractivity contribution in [2.75, 3.05) is 0 Å². The lowest BCUT2D eigenvalue weighted by Gasteiger charge is -2.20. The maximum Gasteiger partial charge on any atom is 0.300 e. The molecule has 3 heteroatoms. The zero-order valence-electron chi connectivity index (χ0n) is 8.83. The summed E-state index contributed by atoms with van der Waals surface area (Å²) in [5.41, 5.74) is -0.221. The molecule has 0 aromatic heterocycles. The minimum Gasteiger partial charge on any atom is -0.481 e. The molecule has 2 N–H and O–H groups in total. The highest BCUT2D eigenvalue weighted by molar-refractivity contribution is 5.62. The van der Waals surface area contributed by atoms with E-state index < -0.39 is 5.97 Å². The number of aliphatic carboxylic acids is 1. The van der Waals surface area contributed by atoms with Crippen molar-refractivity contribution in [3.63, 3.8) is 0 Å². The summed E-state index contributed by atoms with van der Waals surface area (Å²) in [6.07, 6.45) is 8.53. The fourth-order valence-electron chi connectivity index (χ4n) is 2.57. The lowest BCUT2D eigenvalue weighted by molar-refractivity contribution is -0.134. The van der Waals surface area contributed by atoms with Crippen LogP contribution < -0.4 is 0 Å². The molecule has 2 rings (SSSR count). The third-order valence-electron chi connectivity index (χ3n) is 3.19. The van der Waals surface area contributed by atoms with Gasteiger partial charge >= 0.3 is 0 Å². The van der Waals surface area contributed by atoms with Crippen molar-refractivity contribution in [1.29, 1.82) is 0 Å². The molecule has 0 aromatic carbocycles. The summed E-state index contributed by atoms with van der Waals surface area (Å²) in [6.45, 7) is 1.08. The number of aliphatic hydroxyl groups is 1. The summed E-state index contributed by atoms with van der Waals surface area (Å²) >= 11 is 0. The van der Waals surface area contributed by atoms with Crippen molar-refractivity contribution in [1.82, 2.24) is 0 Å². The molecule has 2 saturated carbocycles. The smallest absolute Gasteiger partial charge is 0.300 e. The normalized spacial score (nSPS) is 35.4. The summed E-state index contributed by atoms with van der Waals surface area (Å²) in [5, 5.41) is 17.3. The Hall–Kier alpha value is -0.570. The highest BCUT2D eigenvalue weighted by Crippen LogP contribution is 2.43. The van der Waals surface area contributed by atoms with Gasteiger partial charge in [-0.1, -0.05) is 19.3 Å². The molecule has 2 atom stereocenters. The minimum absolute atomic E-state index is 0.221. The van der Waals surface area contributed by atoms with E-state index in [1.807, 2.05) is 0 Å². The SMILES string of the molecule is CC(=O)O.OC12CCCCC(CC1)C2. The van der Waals surface area contributed by atoms with E-state index in [0.717, 1.165) is 32.1 Å². The van der Waals surface area contributed by atoms with Crippen LogP contribution >= 0.6 is 0 Å². The standard InChI is InChI=1S/C9H16O.C2H4O2/c10-9-5-2-1-3-8(7-9)4-6-9;1-2(3)4/h8,10H,1-7H2;1H3,(H,3,4). The van der Waals surface area contributed by atoms with Gasteiger partial charge in [-0.2, -0.15) is 0 Å². The fraction of sp³-hybridized carbons (Fsp3) is 0.909. The molecule has 0 heterocycles. The summed E-state index contributed by atoms with van der Waals surface area (Å²) in [4.78, 5) is 9.00. The molecule has 0 radical (unpaired) electrons. The molecule has 3 nitrogen and oxygen atoms in total. The maximum atomic E-state index is 9.90. The summed E-state index contributed by atoms with van der Waals surface area (Å²) < 4.78 is 0. The van der Waals surface area contributed by atoms with Crippen molar-refractivity contribution >= 4 is 5.97 Å². The Bertz CT molecular complexity index is 197. The van der Waals surface area contributed by atoms with E-state index in [4.69, 9.17) is 9.90 Å².